The van der Waals surface area contributed by atoms with Crippen molar-refractivity contribution in [3.05, 3.63) is 76.3 Å². The Morgan fingerprint density at radius 3 is 2.58 bits per heavy atom. The number of nitrogens with zero attached hydrogens (tertiary/aromatic N) is 2. The zero-order valence-corrected chi connectivity index (χ0v) is 19.7. The summed E-state index contributed by atoms with van der Waals surface area (Å²) in [7, 11) is 0. The minimum absolute atomic E-state index is 0.173. The fourth-order valence-electron chi connectivity index (χ4n) is 3.79. The topological polar surface area (TPSA) is 89.2 Å². The number of hydrogen-bond acceptors (Lipinski definition) is 4. The van der Waals surface area contributed by atoms with Crippen molar-refractivity contribution in [2.75, 3.05) is 10.6 Å². The van der Waals surface area contributed by atoms with E-state index in [0.717, 1.165) is 33.5 Å². The second-order valence-corrected chi connectivity index (χ2v) is 8.62. The molecule has 0 aliphatic carbocycles. The van der Waals surface area contributed by atoms with Crippen LogP contribution >= 0.6 is 11.6 Å². The third-order valence-corrected chi connectivity index (χ3v) is 5.78. The number of halogens is 1. The van der Waals surface area contributed by atoms with E-state index < -0.39 is 6.04 Å². The molecule has 7 nitrogen and oxygen atoms in total. The highest BCUT2D eigenvalue weighted by atomic mass is 35.5. The zero-order valence-electron chi connectivity index (χ0n) is 18.9. The number of aryl methyl sites for hydroxylation is 3. The van der Waals surface area contributed by atoms with Crippen molar-refractivity contribution < 1.29 is 14.0 Å². The lowest BCUT2D eigenvalue weighted by Gasteiger charge is -2.16. The molecule has 2 amide bonds. The Hall–Kier alpha value is -3.58. The number of amides is 2. The van der Waals surface area contributed by atoms with Crippen LogP contribution in [0.25, 0.3) is 11.0 Å². The highest BCUT2D eigenvalue weighted by Crippen LogP contribution is 2.27. The van der Waals surface area contributed by atoms with Gasteiger partial charge in [0, 0.05) is 22.3 Å². The summed E-state index contributed by atoms with van der Waals surface area (Å²) >= 11 is 6.38. The van der Waals surface area contributed by atoms with Crippen LogP contribution in [0.5, 0.6) is 0 Å². The number of aromatic nitrogens is 2. The van der Waals surface area contributed by atoms with E-state index in [9.17, 15) is 9.59 Å². The Labute approximate surface area is 196 Å². The highest BCUT2D eigenvalue weighted by Gasteiger charge is 2.19. The normalized spacial score (nSPS) is 12.0. The van der Waals surface area contributed by atoms with Crippen LogP contribution in [0.15, 0.2) is 53.1 Å². The molecule has 0 spiro atoms. The van der Waals surface area contributed by atoms with Crippen LogP contribution in [-0.4, -0.2) is 21.6 Å². The smallest absolute Gasteiger partial charge is 0.248 e. The molecule has 2 aromatic carbocycles. The quantitative estimate of drug-likeness (QED) is 0.389. The van der Waals surface area contributed by atoms with Crippen LogP contribution in [0.4, 0.5) is 11.4 Å². The summed E-state index contributed by atoms with van der Waals surface area (Å²) < 4.78 is 7.24. The summed E-state index contributed by atoms with van der Waals surface area (Å²) in [5.41, 5.74) is 5.43. The number of anilines is 2. The van der Waals surface area contributed by atoms with Crippen molar-refractivity contribution in [1.82, 2.24) is 9.78 Å². The summed E-state index contributed by atoms with van der Waals surface area (Å²) in [6.45, 7) is 7.55. The van der Waals surface area contributed by atoms with E-state index in [2.05, 4.69) is 15.7 Å². The van der Waals surface area contributed by atoms with Gasteiger partial charge in [0.05, 0.1) is 29.1 Å². The Balaban J connectivity index is 1.41. The molecular formula is C25H25ClN4O3. The van der Waals surface area contributed by atoms with E-state index in [1.165, 1.54) is 0 Å². The SMILES string of the molecule is Cc1ccc2c(CC(=O)Nc3ccc(NC(=O)C(C)n4nc(C)cc4C)c(Cl)c3)coc2c1. The van der Waals surface area contributed by atoms with Gasteiger partial charge in [-0.15, -0.1) is 0 Å². The molecule has 4 rings (SSSR count). The van der Waals surface area contributed by atoms with E-state index in [-0.39, 0.29) is 18.2 Å². The Kier molecular flexibility index (Phi) is 6.24. The number of furan rings is 1. The average Bonchev–Trinajstić information content (AvgIpc) is 3.30. The standard InChI is InChI=1S/C25H25ClN4O3/c1-14-5-7-20-18(13-33-23(20)9-14)11-24(31)27-19-6-8-22(21(26)12-19)28-25(32)17(4)30-16(3)10-15(2)29-30/h5-10,12-13,17H,11H2,1-4H3,(H,27,31)(H,28,32). The molecule has 4 aromatic rings. The molecule has 2 N–H and O–H groups in total. The maximum Gasteiger partial charge on any atom is 0.248 e. The van der Waals surface area contributed by atoms with Crippen molar-refractivity contribution in [3.63, 3.8) is 0 Å². The number of rotatable bonds is 6. The predicted octanol–water partition coefficient (Wildman–Crippen LogP) is 5.59. The minimum Gasteiger partial charge on any atom is -0.464 e. The zero-order chi connectivity index (χ0) is 23.7. The van der Waals surface area contributed by atoms with Gasteiger partial charge in [-0.2, -0.15) is 5.10 Å². The number of benzene rings is 2. The minimum atomic E-state index is -0.497. The van der Waals surface area contributed by atoms with E-state index >= 15 is 0 Å². The number of nitrogens with one attached hydrogen (secondary N) is 2. The molecule has 33 heavy (non-hydrogen) atoms. The second kappa shape index (κ2) is 9.11. The summed E-state index contributed by atoms with van der Waals surface area (Å²) in [4.78, 5) is 25.3. The van der Waals surface area contributed by atoms with Crippen LogP contribution in [-0.2, 0) is 16.0 Å². The first-order valence-corrected chi connectivity index (χ1v) is 11.0. The van der Waals surface area contributed by atoms with Crippen molar-refractivity contribution in [1.29, 1.82) is 0 Å². The molecule has 0 aliphatic heterocycles. The van der Waals surface area contributed by atoms with Crippen LogP contribution < -0.4 is 10.6 Å². The molecule has 0 radical (unpaired) electrons. The first kappa shape index (κ1) is 22.6. The lowest BCUT2D eigenvalue weighted by molar-refractivity contribution is -0.119. The first-order valence-electron chi connectivity index (χ1n) is 10.6. The Bertz CT molecular complexity index is 1360. The van der Waals surface area contributed by atoms with E-state index in [1.807, 2.05) is 45.0 Å². The summed E-state index contributed by atoms with van der Waals surface area (Å²) in [5.74, 6) is -0.425. The molecule has 1 atom stereocenters. The third-order valence-electron chi connectivity index (χ3n) is 5.46. The molecule has 1 unspecified atom stereocenters. The summed E-state index contributed by atoms with van der Waals surface area (Å²) in [5, 5.41) is 11.3. The van der Waals surface area contributed by atoms with E-state index in [4.69, 9.17) is 16.0 Å². The molecule has 0 saturated carbocycles. The number of carbonyl (C=O) groups is 2. The van der Waals surface area contributed by atoms with Gasteiger partial charge < -0.3 is 15.1 Å². The molecule has 0 fully saturated rings. The molecule has 170 valence electrons. The summed E-state index contributed by atoms with van der Waals surface area (Å²) in [6, 6.07) is 12.3. The second-order valence-electron chi connectivity index (χ2n) is 8.22. The van der Waals surface area contributed by atoms with Gasteiger partial charge >= 0.3 is 0 Å². The Morgan fingerprint density at radius 2 is 1.88 bits per heavy atom. The number of hydrogen-bond donors (Lipinski definition) is 2. The molecule has 0 bridgehead atoms. The molecule has 8 heteroatoms. The molecule has 2 heterocycles. The predicted molar refractivity (Wildman–Crippen MR) is 130 cm³/mol. The van der Waals surface area contributed by atoms with Gasteiger partial charge in [-0.05, 0) is 63.6 Å². The first-order chi connectivity index (χ1) is 15.7. The van der Waals surface area contributed by atoms with Gasteiger partial charge in [-0.25, -0.2) is 0 Å². The number of carbonyl (C=O) groups excluding carboxylic acids is 2. The van der Waals surface area contributed by atoms with Crippen molar-refractivity contribution in [2.24, 2.45) is 0 Å². The molecule has 0 saturated heterocycles. The summed E-state index contributed by atoms with van der Waals surface area (Å²) in [6.07, 6.45) is 1.78. The monoisotopic (exact) mass is 464 g/mol. The van der Waals surface area contributed by atoms with Gasteiger partial charge in [0.2, 0.25) is 11.8 Å². The van der Waals surface area contributed by atoms with Crippen molar-refractivity contribution in [3.8, 4) is 0 Å². The van der Waals surface area contributed by atoms with Crippen LogP contribution in [0.3, 0.4) is 0 Å². The lowest BCUT2D eigenvalue weighted by atomic mass is 10.1. The van der Waals surface area contributed by atoms with Gasteiger partial charge in [0.25, 0.3) is 0 Å². The number of fused-ring (bicyclic) bond motifs is 1. The molecule has 2 aromatic heterocycles. The fourth-order valence-corrected chi connectivity index (χ4v) is 4.01. The maximum absolute atomic E-state index is 12.7. The van der Waals surface area contributed by atoms with Gasteiger partial charge in [0.1, 0.15) is 11.6 Å². The Morgan fingerprint density at radius 1 is 1.09 bits per heavy atom. The van der Waals surface area contributed by atoms with E-state index in [0.29, 0.717) is 16.4 Å². The average molecular weight is 465 g/mol. The maximum atomic E-state index is 12.7. The van der Waals surface area contributed by atoms with Crippen LogP contribution in [0.2, 0.25) is 5.02 Å². The lowest BCUT2D eigenvalue weighted by Crippen LogP contribution is -2.25. The van der Waals surface area contributed by atoms with Crippen molar-refractivity contribution >= 4 is 45.8 Å². The highest BCUT2D eigenvalue weighted by molar-refractivity contribution is 6.34. The van der Waals surface area contributed by atoms with Crippen LogP contribution in [0, 0.1) is 20.8 Å². The molecular weight excluding hydrogens is 440 g/mol. The van der Waals surface area contributed by atoms with Crippen LogP contribution in [0.1, 0.15) is 35.5 Å². The van der Waals surface area contributed by atoms with E-state index in [1.54, 1.807) is 36.1 Å². The van der Waals surface area contributed by atoms with Gasteiger partial charge in [-0.3, -0.25) is 14.3 Å². The molecule has 0 aliphatic rings. The largest absolute Gasteiger partial charge is 0.464 e. The van der Waals surface area contributed by atoms with Gasteiger partial charge in [0.15, 0.2) is 0 Å². The third kappa shape index (κ3) is 4.93. The van der Waals surface area contributed by atoms with Crippen molar-refractivity contribution in [2.45, 2.75) is 40.2 Å². The van der Waals surface area contributed by atoms with Gasteiger partial charge in [-0.1, -0.05) is 23.7 Å². The fraction of sp³-hybridized carbons (Fsp3) is 0.240.